The Morgan fingerprint density at radius 2 is 1.38 bits per heavy atom. The number of aromatic hydroxyl groups is 1. The lowest BCUT2D eigenvalue weighted by Gasteiger charge is -2.37. The van der Waals surface area contributed by atoms with Crippen LogP contribution in [-0.4, -0.2) is 77.1 Å². The number of phenolic OH excluding ortho intramolecular Hbond substituents is 1. The van der Waals surface area contributed by atoms with E-state index in [0.717, 1.165) is 61.2 Å². The molecule has 0 radical (unpaired) electrons. The van der Waals surface area contributed by atoms with E-state index in [0.29, 0.717) is 63.6 Å². The second-order valence-electron chi connectivity index (χ2n) is 16.7. The zero-order valence-corrected chi connectivity index (χ0v) is 37.8. The van der Waals surface area contributed by atoms with Crippen molar-refractivity contribution in [1.82, 2.24) is 9.80 Å². The van der Waals surface area contributed by atoms with Crippen molar-refractivity contribution in [1.29, 1.82) is 0 Å². The van der Waals surface area contributed by atoms with Crippen LogP contribution in [-0.2, 0) is 25.7 Å². The van der Waals surface area contributed by atoms with Gasteiger partial charge in [-0.25, -0.2) is 4.79 Å². The van der Waals surface area contributed by atoms with Gasteiger partial charge in [-0.3, -0.25) is 9.80 Å². The third kappa shape index (κ3) is 9.20. The molecule has 0 spiro atoms. The molecule has 12 heteroatoms. The number of nitrogens with zero attached hydrogens (tertiary/aromatic N) is 2. The summed E-state index contributed by atoms with van der Waals surface area (Å²) in [4.78, 5) is 15.9. The Hall–Kier alpha value is -6.63. The predicted molar refractivity (Wildman–Crippen MR) is 247 cm³/mol. The molecule has 0 saturated heterocycles. The molecule has 64 heavy (non-hydrogen) atoms. The van der Waals surface area contributed by atoms with E-state index in [-0.39, 0.29) is 17.8 Å². The number of ether oxygens (including phenoxy) is 7. The van der Waals surface area contributed by atoms with Crippen LogP contribution in [0.15, 0.2) is 106 Å². The van der Waals surface area contributed by atoms with Gasteiger partial charge in [0.25, 0.3) is 0 Å². The molecule has 2 atom stereocenters. The van der Waals surface area contributed by atoms with Crippen molar-refractivity contribution in [3.05, 3.63) is 140 Å². The monoisotopic (exact) mass is 868 g/mol. The van der Waals surface area contributed by atoms with Crippen LogP contribution in [0.25, 0.3) is 11.0 Å². The van der Waals surface area contributed by atoms with Crippen molar-refractivity contribution < 1.29 is 42.7 Å². The summed E-state index contributed by atoms with van der Waals surface area (Å²) >= 11 is 0. The molecule has 0 amide bonds. The van der Waals surface area contributed by atoms with Gasteiger partial charge in [0, 0.05) is 48.3 Å². The van der Waals surface area contributed by atoms with Gasteiger partial charge in [-0.05, 0) is 142 Å². The molecule has 6 bridgehead atoms. The Morgan fingerprint density at radius 1 is 0.703 bits per heavy atom. The van der Waals surface area contributed by atoms with Crippen LogP contribution < -0.4 is 38.8 Å². The molecule has 1 aromatic heterocycles. The molecule has 334 valence electrons. The zero-order chi connectivity index (χ0) is 45.1. The molecule has 6 aromatic rings. The first-order valence-corrected chi connectivity index (χ1v) is 21.5. The topological polar surface area (TPSA) is 122 Å². The van der Waals surface area contributed by atoms with Crippen LogP contribution in [0, 0.1) is 0 Å². The molecule has 0 saturated carbocycles. The maximum Gasteiger partial charge on any atom is 0.336 e. The van der Waals surface area contributed by atoms with Crippen LogP contribution in [0.5, 0.6) is 57.5 Å². The van der Waals surface area contributed by atoms with Gasteiger partial charge in [0.05, 0.1) is 28.4 Å². The molecular weight excluding hydrogens is 813 g/mol. The molecule has 5 aromatic carbocycles. The first-order valence-electron chi connectivity index (χ1n) is 21.5. The lowest BCUT2D eigenvalue weighted by molar-refractivity contribution is 0.220. The van der Waals surface area contributed by atoms with Crippen LogP contribution in [0.4, 0.5) is 0 Å². The third-order valence-electron chi connectivity index (χ3n) is 12.3. The molecule has 4 aliphatic rings. The van der Waals surface area contributed by atoms with E-state index in [1.807, 2.05) is 38.1 Å². The Balaban J connectivity index is 0.000000260. The van der Waals surface area contributed by atoms with Crippen LogP contribution in [0.3, 0.4) is 0 Å². The summed E-state index contributed by atoms with van der Waals surface area (Å²) in [5.74, 6) is 5.74. The molecule has 12 nitrogen and oxygen atoms in total. The van der Waals surface area contributed by atoms with E-state index < -0.39 is 5.63 Å². The molecule has 0 aliphatic carbocycles. The van der Waals surface area contributed by atoms with Gasteiger partial charge in [-0.1, -0.05) is 23.8 Å². The van der Waals surface area contributed by atoms with Crippen LogP contribution >= 0.6 is 0 Å². The van der Waals surface area contributed by atoms with Crippen molar-refractivity contribution in [2.75, 3.05) is 62.2 Å². The van der Waals surface area contributed by atoms with Crippen LogP contribution in [0.2, 0.25) is 0 Å². The molecule has 1 N–H and O–H groups in total. The van der Waals surface area contributed by atoms with Crippen molar-refractivity contribution in [3.8, 4) is 57.5 Å². The Bertz CT molecular complexity index is 2740. The average molecular weight is 869 g/mol. The zero-order valence-electron chi connectivity index (χ0n) is 37.8. The number of methoxy groups -OCH3 is 4. The van der Waals surface area contributed by atoms with Crippen LogP contribution in [0.1, 0.15) is 59.3 Å². The number of rotatable bonds is 7. The van der Waals surface area contributed by atoms with E-state index >= 15 is 0 Å². The van der Waals surface area contributed by atoms with Crippen molar-refractivity contribution in [2.45, 2.75) is 51.6 Å². The summed E-state index contributed by atoms with van der Waals surface area (Å²) in [6, 6.07) is 27.1. The predicted octanol–water partition coefficient (Wildman–Crippen LogP) is 10.0. The third-order valence-corrected chi connectivity index (χ3v) is 12.3. The first kappa shape index (κ1) is 44.0. The Labute approximate surface area is 374 Å². The van der Waals surface area contributed by atoms with E-state index in [2.05, 4.69) is 66.4 Å². The normalized spacial score (nSPS) is 16.7. The van der Waals surface area contributed by atoms with E-state index in [1.165, 1.54) is 40.5 Å². The lowest BCUT2D eigenvalue weighted by Crippen LogP contribution is -2.34. The average Bonchev–Trinajstić information content (AvgIpc) is 3.28. The number of allylic oxidation sites excluding steroid dienone is 1. The molecule has 0 fully saturated rings. The summed E-state index contributed by atoms with van der Waals surface area (Å²) in [6.45, 7) is 6.14. The van der Waals surface area contributed by atoms with Gasteiger partial charge in [0.1, 0.15) is 17.9 Å². The second-order valence-corrected chi connectivity index (χ2v) is 16.7. The van der Waals surface area contributed by atoms with E-state index in [4.69, 9.17) is 37.6 Å². The largest absolute Gasteiger partial charge is 0.504 e. The highest BCUT2D eigenvalue weighted by Crippen LogP contribution is 2.52. The number of likely N-dealkylation sites (N-methyl/N-ethyl adjacent to an activating group) is 2. The van der Waals surface area contributed by atoms with Gasteiger partial charge in [-0.2, -0.15) is 0 Å². The van der Waals surface area contributed by atoms with E-state index in [9.17, 15) is 9.90 Å². The summed E-state index contributed by atoms with van der Waals surface area (Å²) < 4.78 is 47.5. The summed E-state index contributed by atoms with van der Waals surface area (Å²) in [6.07, 6.45) is 5.27. The number of fused-ring (bicyclic) bond motifs is 3. The highest BCUT2D eigenvalue weighted by molar-refractivity contribution is 5.80. The molecule has 2 unspecified atom stereocenters. The number of hydrogen-bond acceptors (Lipinski definition) is 12. The fourth-order valence-corrected chi connectivity index (χ4v) is 8.77. The minimum absolute atomic E-state index is 0.000437. The lowest BCUT2D eigenvalue weighted by atomic mass is 9.87. The fraction of sp³-hybridized carbons (Fsp3) is 0.327. The van der Waals surface area contributed by atoms with Crippen molar-refractivity contribution in [3.63, 3.8) is 0 Å². The fourth-order valence-electron chi connectivity index (χ4n) is 8.77. The molecule has 5 heterocycles. The highest BCUT2D eigenvalue weighted by Gasteiger charge is 2.35. The van der Waals surface area contributed by atoms with Gasteiger partial charge in [-0.15, -0.1) is 0 Å². The molecule has 10 rings (SSSR count). The number of benzene rings is 5. The van der Waals surface area contributed by atoms with Gasteiger partial charge in [0.2, 0.25) is 5.75 Å². The minimum atomic E-state index is -0.427. The van der Waals surface area contributed by atoms with Crippen molar-refractivity contribution >= 4 is 11.0 Å². The Kier molecular flexibility index (Phi) is 13.1. The van der Waals surface area contributed by atoms with Gasteiger partial charge < -0.3 is 42.7 Å². The van der Waals surface area contributed by atoms with Gasteiger partial charge >= 0.3 is 5.63 Å². The minimum Gasteiger partial charge on any atom is -0.504 e. The summed E-state index contributed by atoms with van der Waals surface area (Å²) in [7, 11) is 11.1. The molecular formula is C52H56N2O10. The standard InChI is InChI=1S/C38H42N2O6.C14H14O4/c1-39-15-13-25-20-32(42-4)34-22-28(25)29(39)17-23-7-10-27(11-8-23)45-33-19-24(9-12-31(33)41-3)18-30-36-26(14-16-40(30)2)21-35(43-5)37(44-6)38(36)46-34;1-9(2)5-6-17-13-8-12-10(7-11(13)15)3-4-14(16)18-12/h7-12,19-22,29-30H,13-18H2,1-6H3;3-5,7-8,15H,6H2,1-2H3. The highest BCUT2D eigenvalue weighted by atomic mass is 16.5. The molecule has 4 aliphatic heterocycles. The second kappa shape index (κ2) is 19.0. The summed E-state index contributed by atoms with van der Waals surface area (Å²) in [5.41, 5.74) is 8.25. The summed E-state index contributed by atoms with van der Waals surface area (Å²) in [5, 5.41) is 10.4. The maximum atomic E-state index is 11.1. The maximum absolute atomic E-state index is 11.1. The smallest absolute Gasteiger partial charge is 0.336 e. The first-order chi connectivity index (χ1) is 31.0. The SMILES string of the molecule is CC(C)=CCOc1cc2oc(=O)ccc2cc1O.COc1ccc2cc1Oc1ccc(cc1)CC1c3cc(c(OC)cc3CCN1C)Oc1c(OC)c(OC)cc3c1C(C2)N(C)CC3. The number of hydrogen-bond donors (Lipinski definition) is 1. The van der Waals surface area contributed by atoms with Gasteiger partial charge in [0.15, 0.2) is 46.0 Å². The van der Waals surface area contributed by atoms with Crippen molar-refractivity contribution in [2.24, 2.45) is 0 Å². The number of phenols is 1. The Morgan fingerprint density at radius 3 is 2.09 bits per heavy atom. The van der Waals surface area contributed by atoms with E-state index in [1.54, 1.807) is 34.5 Å². The quantitative estimate of drug-likeness (QED) is 0.121.